The number of benzene rings is 1. The summed E-state index contributed by atoms with van der Waals surface area (Å²) in [7, 11) is 3.17. The first kappa shape index (κ1) is 17.8. The van der Waals surface area contributed by atoms with E-state index in [2.05, 4.69) is 0 Å². The van der Waals surface area contributed by atoms with Crippen LogP contribution >= 0.6 is 0 Å². The summed E-state index contributed by atoms with van der Waals surface area (Å²) in [6, 6.07) is 5.02. The molecule has 1 aromatic carbocycles. The monoisotopic (exact) mass is 309 g/mol. The maximum absolute atomic E-state index is 12.3. The molecule has 0 saturated heterocycles. The Morgan fingerprint density at radius 2 is 1.95 bits per heavy atom. The minimum atomic E-state index is -0.863. The molecule has 0 unspecified atom stereocenters. The Morgan fingerprint density at radius 3 is 2.50 bits per heavy atom. The third kappa shape index (κ3) is 5.27. The van der Waals surface area contributed by atoms with Gasteiger partial charge in [-0.1, -0.05) is 0 Å². The maximum atomic E-state index is 12.3. The van der Waals surface area contributed by atoms with Gasteiger partial charge in [0.15, 0.2) is 11.5 Å². The third-order valence-corrected chi connectivity index (χ3v) is 3.00. The molecule has 0 aliphatic rings. The van der Waals surface area contributed by atoms with E-state index >= 15 is 0 Å². The summed E-state index contributed by atoms with van der Waals surface area (Å²) in [5.41, 5.74) is 0.478. The van der Waals surface area contributed by atoms with E-state index in [9.17, 15) is 9.59 Å². The van der Waals surface area contributed by atoms with Crippen molar-refractivity contribution in [1.29, 1.82) is 0 Å². The first-order valence-corrected chi connectivity index (χ1v) is 7.17. The van der Waals surface area contributed by atoms with Gasteiger partial charge in [-0.2, -0.15) is 0 Å². The van der Waals surface area contributed by atoms with Gasteiger partial charge >= 0.3 is 5.97 Å². The highest BCUT2D eigenvalue weighted by Crippen LogP contribution is 2.29. The first-order valence-electron chi connectivity index (χ1n) is 7.17. The zero-order valence-corrected chi connectivity index (χ0v) is 13.5. The van der Waals surface area contributed by atoms with Crippen LogP contribution < -0.4 is 9.47 Å². The highest BCUT2D eigenvalue weighted by molar-refractivity contribution is 5.94. The van der Waals surface area contributed by atoms with Crippen LogP contribution in [0.5, 0.6) is 11.5 Å². The van der Waals surface area contributed by atoms with Gasteiger partial charge in [0.05, 0.1) is 13.2 Å². The van der Waals surface area contributed by atoms with Crippen LogP contribution in [0.15, 0.2) is 18.2 Å². The molecule has 6 nitrogen and oxygen atoms in total. The van der Waals surface area contributed by atoms with Gasteiger partial charge in [-0.3, -0.25) is 9.59 Å². The summed E-state index contributed by atoms with van der Waals surface area (Å²) in [5, 5.41) is 8.62. The lowest BCUT2D eigenvalue weighted by Crippen LogP contribution is -2.28. The molecule has 6 heteroatoms. The molecule has 0 spiro atoms. The molecule has 0 aliphatic heterocycles. The van der Waals surface area contributed by atoms with Crippen LogP contribution in [0.4, 0.5) is 0 Å². The van der Waals surface area contributed by atoms with E-state index in [0.717, 1.165) is 0 Å². The fraction of sp³-hybridized carbons (Fsp3) is 0.500. The number of nitrogens with zero attached hydrogens (tertiary/aromatic N) is 1. The number of amides is 1. The van der Waals surface area contributed by atoms with E-state index in [4.69, 9.17) is 14.6 Å². The summed E-state index contributed by atoms with van der Waals surface area (Å²) in [4.78, 5) is 24.3. The number of rotatable bonds is 8. The summed E-state index contributed by atoms with van der Waals surface area (Å²) in [6.45, 7) is 4.21. The Hall–Kier alpha value is -2.24. The van der Waals surface area contributed by atoms with Crippen LogP contribution in [0.1, 0.15) is 37.0 Å². The molecule has 0 fully saturated rings. The lowest BCUT2D eigenvalue weighted by molar-refractivity contribution is -0.137. The molecule has 0 heterocycles. The molecule has 1 N–H and O–H groups in total. The minimum absolute atomic E-state index is 0.00847. The van der Waals surface area contributed by atoms with Crippen molar-refractivity contribution in [2.45, 2.75) is 32.8 Å². The molecule has 0 atom stereocenters. The van der Waals surface area contributed by atoms with Crippen LogP contribution in [0.25, 0.3) is 0 Å². The van der Waals surface area contributed by atoms with Gasteiger partial charge in [-0.25, -0.2) is 0 Å². The second-order valence-electron chi connectivity index (χ2n) is 5.26. The Kier molecular flexibility index (Phi) is 6.69. The van der Waals surface area contributed by atoms with Crippen LogP contribution in [-0.4, -0.2) is 48.7 Å². The second kappa shape index (κ2) is 8.26. The van der Waals surface area contributed by atoms with Crippen molar-refractivity contribution in [3.05, 3.63) is 23.8 Å². The fourth-order valence-electron chi connectivity index (χ4n) is 1.94. The van der Waals surface area contributed by atoms with E-state index in [-0.39, 0.29) is 18.4 Å². The molecule has 1 aromatic rings. The normalized spacial score (nSPS) is 10.4. The number of carboxylic acid groups (broad SMARTS) is 1. The van der Waals surface area contributed by atoms with Crippen molar-refractivity contribution in [3.63, 3.8) is 0 Å². The van der Waals surface area contributed by atoms with Crippen molar-refractivity contribution >= 4 is 11.9 Å². The zero-order valence-electron chi connectivity index (χ0n) is 13.5. The maximum Gasteiger partial charge on any atom is 0.303 e. The lowest BCUT2D eigenvalue weighted by Gasteiger charge is -2.18. The van der Waals surface area contributed by atoms with E-state index in [1.54, 1.807) is 25.2 Å². The predicted octanol–water partition coefficient (Wildman–Crippen LogP) is 2.42. The van der Waals surface area contributed by atoms with E-state index in [1.165, 1.54) is 12.0 Å². The third-order valence-electron chi connectivity index (χ3n) is 3.00. The number of carboxylic acids is 1. The molecule has 0 aliphatic carbocycles. The number of ether oxygens (including phenoxy) is 2. The quantitative estimate of drug-likeness (QED) is 0.798. The van der Waals surface area contributed by atoms with Gasteiger partial charge in [-0.15, -0.1) is 0 Å². The molecule has 0 saturated carbocycles. The highest BCUT2D eigenvalue weighted by Gasteiger charge is 2.15. The lowest BCUT2D eigenvalue weighted by atomic mass is 10.1. The largest absolute Gasteiger partial charge is 0.493 e. The summed E-state index contributed by atoms with van der Waals surface area (Å²) >= 11 is 0. The summed E-state index contributed by atoms with van der Waals surface area (Å²) in [6.07, 6.45) is 0.472. The number of carbonyl (C=O) groups is 2. The molecule has 0 aromatic heterocycles. The van der Waals surface area contributed by atoms with Crippen LogP contribution in [0, 0.1) is 0 Å². The summed E-state index contributed by atoms with van der Waals surface area (Å²) < 4.78 is 10.9. The van der Waals surface area contributed by atoms with E-state index < -0.39 is 5.97 Å². The molecule has 0 radical (unpaired) electrons. The highest BCUT2D eigenvalue weighted by atomic mass is 16.5. The zero-order chi connectivity index (χ0) is 16.7. The van der Waals surface area contributed by atoms with Crippen molar-refractivity contribution in [2.24, 2.45) is 0 Å². The van der Waals surface area contributed by atoms with E-state index in [0.29, 0.717) is 30.0 Å². The van der Waals surface area contributed by atoms with Crippen LogP contribution in [0.2, 0.25) is 0 Å². The van der Waals surface area contributed by atoms with Gasteiger partial charge in [0.25, 0.3) is 5.91 Å². The van der Waals surface area contributed by atoms with Crippen molar-refractivity contribution in [2.75, 3.05) is 20.7 Å². The summed E-state index contributed by atoms with van der Waals surface area (Å²) in [5.74, 6) is 0.0403. The number of carbonyl (C=O) groups excluding carboxylic acids is 1. The predicted molar refractivity (Wildman–Crippen MR) is 82.6 cm³/mol. The van der Waals surface area contributed by atoms with Crippen molar-refractivity contribution in [3.8, 4) is 11.5 Å². The van der Waals surface area contributed by atoms with Gasteiger partial charge in [-0.05, 0) is 38.5 Å². The van der Waals surface area contributed by atoms with Crippen LogP contribution in [0.3, 0.4) is 0 Å². The van der Waals surface area contributed by atoms with E-state index in [1.807, 2.05) is 13.8 Å². The number of aliphatic carboxylic acids is 1. The van der Waals surface area contributed by atoms with Gasteiger partial charge in [0.1, 0.15) is 0 Å². The SMILES string of the molecule is COc1cc(C(=O)N(C)CCCC(=O)O)ccc1OC(C)C. The van der Waals surface area contributed by atoms with Gasteiger partial charge < -0.3 is 19.5 Å². The van der Waals surface area contributed by atoms with Crippen molar-refractivity contribution < 1.29 is 24.2 Å². The number of methoxy groups -OCH3 is 1. The number of hydrogen-bond acceptors (Lipinski definition) is 4. The molecule has 1 amide bonds. The van der Waals surface area contributed by atoms with Gasteiger partial charge in [0.2, 0.25) is 0 Å². The average Bonchev–Trinajstić information content (AvgIpc) is 2.45. The Balaban J connectivity index is 2.78. The first-order chi connectivity index (χ1) is 10.3. The topological polar surface area (TPSA) is 76.1 Å². The molecule has 122 valence electrons. The smallest absolute Gasteiger partial charge is 0.303 e. The molecular weight excluding hydrogens is 286 g/mol. The molecular formula is C16H23NO5. The Bertz CT molecular complexity index is 527. The Labute approximate surface area is 130 Å². The Morgan fingerprint density at radius 1 is 1.27 bits per heavy atom. The van der Waals surface area contributed by atoms with Crippen LogP contribution in [-0.2, 0) is 4.79 Å². The van der Waals surface area contributed by atoms with Crippen molar-refractivity contribution in [1.82, 2.24) is 4.90 Å². The average molecular weight is 309 g/mol. The second-order valence-corrected chi connectivity index (χ2v) is 5.26. The number of hydrogen-bond donors (Lipinski definition) is 1. The minimum Gasteiger partial charge on any atom is -0.493 e. The fourth-order valence-corrected chi connectivity index (χ4v) is 1.94. The molecule has 1 rings (SSSR count). The molecule has 0 bridgehead atoms. The van der Waals surface area contributed by atoms with Gasteiger partial charge in [0, 0.05) is 25.6 Å². The standard InChI is InChI=1S/C16H23NO5/c1-11(2)22-13-8-7-12(10-14(13)21-4)16(20)17(3)9-5-6-15(18)19/h7-8,10-11H,5-6,9H2,1-4H3,(H,18,19). The molecule has 22 heavy (non-hydrogen) atoms.